The van der Waals surface area contributed by atoms with Gasteiger partial charge >= 0.3 is 0 Å². The molecule has 0 saturated carbocycles. The molecular weight excluding hydrogens is 456 g/mol. The first-order valence-corrected chi connectivity index (χ1v) is 13.3. The van der Waals surface area contributed by atoms with Crippen molar-refractivity contribution in [2.24, 2.45) is 9.98 Å². The Morgan fingerprint density at radius 2 is 1.11 bits per heavy atom. The predicted octanol–water partition coefficient (Wildman–Crippen LogP) is 4.78. The highest BCUT2D eigenvalue weighted by Gasteiger charge is 2.13. The molecule has 6 heteroatoms. The molecule has 0 radical (unpaired) electrons. The zero-order chi connectivity index (χ0) is 25.8. The molecule has 0 fully saturated rings. The van der Waals surface area contributed by atoms with Crippen molar-refractivity contribution in [3.05, 3.63) is 94.5 Å². The first-order valence-electron chi connectivity index (χ1n) is 13.3. The van der Waals surface area contributed by atoms with E-state index in [4.69, 9.17) is 0 Å². The molecule has 0 bridgehead atoms. The highest BCUT2D eigenvalue weighted by Crippen LogP contribution is 2.24. The van der Waals surface area contributed by atoms with Gasteiger partial charge in [-0.2, -0.15) is 0 Å². The van der Waals surface area contributed by atoms with Crippen LogP contribution < -0.4 is 20.4 Å². The molecule has 0 atom stereocenters. The van der Waals surface area contributed by atoms with Gasteiger partial charge in [0.05, 0.1) is 13.1 Å². The molecule has 0 aliphatic carbocycles. The summed E-state index contributed by atoms with van der Waals surface area (Å²) in [5.41, 5.74) is 8.78. The molecule has 0 amide bonds. The van der Waals surface area contributed by atoms with Crippen molar-refractivity contribution < 1.29 is 0 Å². The van der Waals surface area contributed by atoms with E-state index in [1.807, 2.05) is 0 Å². The summed E-state index contributed by atoms with van der Waals surface area (Å²) in [4.78, 5) is 13.7. The molecule has 0 unspecified atom stereocenters. The maximum Gasteiger partial charge on any atom is 0.128 e. The number of anilines is 2. The summed E-state index contributed by atoms with van der Waals surface area (Å²) >= 11 is 0. The van der Waals surface area contributed by atoms with Crippen LogP contribution in [0.3, 0.4) is 0 Å². The van der Waals surface area contributed by atoms with Crippen LogP contribution in [0.2, 0.25) is 0 Å². The van der Waals surface area contributed by atoms with Gasteiger partial charge in [0.25, 0.3) is 0 Å². The van der Waals surface area contributed by atoms with Crippen LogP contribution in [-0.2, 0) is 13.1 Å². The lowest BCUT2D eigenvalue weighted by atomic mass is 9.97. The molecular formula is C31H38N6. The van der Waals surface area contributed by atoms with E-state index in [0.29, 0.717) is 5.92 Å². The van der Waals surface area contributed by atoms with Crippen LogP contribution in [0, 0.1) is 0 Å². The Kier molecular flexibility index (Phi) is 7.45. The average Bonchev–Trinajstić information content (AvgIpc) is 3.64. The second-order valence-corrected chi connectivity index (χ2v) is 10.4. The fourth-order valence-electron chi connectivity index (χ4n) is 4.97. The van der Waals surface area contributed by atoms with E-state index in [1.54, 1.807) is 0 Å². The highest BCUT2D eigenvalue weighted by atomic mass is 15.1. The average molecular weight is 495 g/mol. The Morgan fingerprint density at radius 1 is 0.676 bits per heavy atom. The molecule has 2 N–H and O–H groups in total. The Morgan fingerprint density at radius 3 is 1.46 bits per heavy atom. The minimum Gasteiger partial charge on any atom is -0.370 e. The van der Waals surface area contributed by atoms with Crippen LogP contribution in [0.25, 0.3) is 0 Å². The normalized spacial score (nSPS) is 14.7. The van der Waals surface area contributed by atoms with E-state index >= 15 is 0 Å². The summed E-state index contributed by atoms with van der Waals surface area (Å²) in [5.74, 6) is 2.49. The standard InChI is InChI=1S/C31H38N6/c1-22(2)27-18-23(20-36(3)28-9-5-25(6-10-28)30-32-13-14-33-30)17-24(19-27)21-37(4)29-11-7-26(8-12-29)31-34-15-16-35-31/h5-12,17-19,22H,13-16,20-21H2,1-4H3,(H,32,33)(H,34,35). The van der Waals surface area contributed by atoms with Crippen LogP contribution in [0.4, 0.5) is 11.4 Å². The SMILES string of the molecule is CC(C)c1cc(CN(C)c2ccc(C3=NCCN3)cc2)cc(CN(C)c2ccc(C3=NCCN3)cc2)c1. The molecule has 5 rings (SSSR count). The van der Waals surface area contributed by atoms with Crippen molar-refractivity contribution in [3.8, 4) is 0 Å². The molecule has 2 aliphatic rings. The summed E-state index contributed by atoms with van der Waals surface area (Å²) in [5, 5.41) is 6.70. The molecule has 2 aliphatic heterocycles. The summed E-state index contributed by atoms with van der Waals surface area (Å²) in [7, 11) is 4.33. The third-order valence-corrected chi connectivity index (χ3v) is 7.09. The number of aliphatic imine (C=N–C) groups is 2. The van der Waals surface area contributed by atoms with E-state index in [1.165, 1.54) is 28.1 Å². The molecule has 2 heterocycles. The summed E-state index contributed by atoms with van der Waals surface area (Å²) < 4.78 is 0. The summed E-state index contributed by atoms with van der Waals surface area (Å²) in [6, 6.07) is 24.5. The van der Waals surface area contributed by atoms with E-state index < -0.39 is 0 Å². The molecule has 37 heavy (non-hydrogen) atoms. The number of rotatable bonds is 9. The van der Waals surface area contributed by atoms with Gasteiger partial charge in [-0.15, -0.1) is 0 Å². The molecule has 0 spiro atoms. The lowest BCUT2D eigenvalue weighted by molar-refractivity contribution is 0.840. The number of nitrogens with one attached hydrogen (secondary N) is 2. The first-order chi connectivity index (χ1) is 18.0. The Labute approximate surface area is 221 Å². The van der Waals surface area contributed by atoms with Crippen molar-refractivity contribution in [2.45, 2.75) is 32.9 Å². The van der Waals surface area contributed by atoms with Crippen molar-refractivity contribution in [1.29, 1.82) is 0 Å². The Bertz CT molecular complexity index is 1180. The van der Waals surface area contributed by atoms with Gasteiger partial charge in [-0.3, -0.25) is 9.98 Å². The minimum absolute atomic E-state index is 0.479. The molecule has 0 aromatic heterocycles. The number of hydrogen-bond acceptors (Lipinski definition) is 6. The van der Waals surface area contributed by atoms with E-state index in [0.717, 1.165) is 62.1 Å². The second-order valence-electron chi connectivity index (χ2n) is 10.4. The maximum atomic E-state index is 4.53. The van der Waals surface area contributed by atoms with Crippen LogP contribution in [-0.4, -0.2) is 51.9 Å². The number of benzene rings is 3. The maximum absolute atomic E-state index is 4.53. The summed E-state index contributed by atoms with van der Waals surface area (Å²) in [6.07, 6.45) is 0. The van der Waals surface area contributed by atoms with Gasteiger partial charge in [-0.05, 0) is 71.1 Å². The topological polar surface area (TPSA) is 55.3 Å². The van der Waals surface area contributed by atoms with Crippen LogP contribution in [0.1, 0.15) is 47.6 Å². The van der Waals surface area contributed by atoms with Gasteiger partial charge in [0.2, 0.25) is 0 Å². The predicted molar refractivity (Wildman–Crippen MR) is 156 cm³/mol. The van der Waals surface area contributed by atoms with Crippen molar-refractivity contribution in [3.63, 3.8) is 0 Å². The van der Waals surface area contributed by atoms with Gasteiger partial charge in [0.1, 0.15) is 11.7 Å². The minimum atomic E-state index is 0.479. The van der Waals surface area contributed by atoms with E-state index in [-0.39, 0.29) is 0 Å². The third-order valence-electron chi connectivity index (χ3n) is 7.09. The Hall–Kier alpha value is -3.80. The van der Waals surface area contributed by atoms with Crippen LogP contribution in [0.5, 0.6) is 0 Å². The molecule has 3 aromatic carbocycles. The molecule has 3 aromatic rings. The van der Waals surface area contributed by atoms with Crippen molar-refractivity contribution >= 4 is 23.0 Å². The van der Waals surface area contributed by atoms with Gasteiger partial charge in [0, 0.05) is 62.8 Å². The number of amidine groups is 2. The van der Waals surface area contributed by atoms with E-state index in [9.17, 15) is 0 Å². The monoisotopic (exact) mass is 494 g/mol. The quantitative estimate of drug-likeness (QED) is 0.449. The van der Waals surface area contributed by atoms with E-state index in [2.05, 4.69) is 125 Å². The smallest absolute Gasteiger partial charge is 0.128 e. The summed E-state index contributed by atoms with van der Waals surface area (Å²) in [6.45, 7) is 9.84. The highest BCUT2D eigenvalue weighted by molar-refractivity contribution is 6.00. The third kappa shape index (κ3) is 5.96. The zero-order valence-corrected chi connectivity index (χ0v) is 22.5. The van der Waals surface area contributed by atoms with Gasteiger partial charge in [-0.1, -0.05) is 32.0 Å². The van der Waals surface area contributed by atoms with Gasteiger partial charge in [0.15, 0.2) is 0 Å². The Balaban J connectivity index is 1.29. The molecule has 6 nitrogen and oxygen atoms in total. The molecule has 192 valence electrons. The molecule has 0 saturated heterocycles. The lowest BCUT2D eigenvalue weighted by Gasteiger charge is -2.24. The fraction of sp³-hybridized carbons (Fsp3) is 0.355. The second kappa shape index (κ2) is 11.1. The van der Waals surface area contributed by atoms with Gasteiger partial charge in [-0.25, -0.2) is 0 Å². The van der Waals surface area contributed by atoms with Crippen LogP contribution >= 0.6 is 0 Å². The number of nitrogens with zero attached hydrogens (tertiary/aromatic N) is 4. The number of hydrogen-bond donors (Lipinski definition) is 2. The lowest BCUT2D eigenvalue weighted by Crippen LogP contribution is -2.21. The van der Waals surface area contributed by atoms with Gasteiger partial charge < -0.3 is 20.4 Å². The van der Waals surface area contributed by atoms with Crippen molar-refractivity contribution in [2.75, 3.05) is 50.1 Å². The van der Waals surface area contributed by atoms with Crippen molar-refractivity contribution in [1.82, 2.24) is 10.6 Å². The zero-order valence-electron chi connectivity index (χ0n) is 22.5. The fourth-order valence-corrected chi connectivity index (χ4v) is 4.97. The van der Waals surface area contributed by atoms with Crippen LogP contribution in [0.15, 0.2) is 76.7 Å². The first kappa shape index (κ1) is 24.9. The largest absolute Gasteiger partial charge is 0.370 e.